The van der Waals surface area contributed by atoms with E-state index in [1.54, 1.807) is 37.4 Å². The summed E-state index contributed by atoms with van der Waals surface area (Å²) in [4.78, 5) is 41.3. The van der Waals surface area contributed by atoms with Crippen molar-refractivity contribution in [2.45, 2.75) is 18.5 Å². The summed E-state index contributed by atoms with van der Waals surface area (Å²) in [5.41, 5.74) is 0.439. The molecule has 2 aliphatic rings. The number of carbonyl (C=O) groups excluding carboxylic acids is 3. The van der Waals surface area contributed by atoms with Gasteiger partial charge in [-0.15, -0.1) is 0 Å². The number of hydrogen-bond donors (Lipinski definition) is 0. The van der Waals surface area contributed by atoms with Crippen LogP contribution in [0, 0.1) is 0 Å². The van der Waals surface area contributed by atoms with Crippen molar-refractivity contribution in [3.8, 4) is 0 Å². The molecule has 6 nitrogen and oxygen atoms in total. The van der Waals surface area contributed by atoms with Gasteiger partial charge in [0, 0.05) is 19.9 Å². The first-order valence-corrected chi connectivity index (χ1v) is 9.15. The first-order chi connectivity index (χ1) is 13.6. The van der Waals surface area contributed by atoms with Crippen molar-refractivity contribution in [1.29, 1.82) is 0 Å². The Labute approximate surface area is 163 Å². The van der Waals surface area contributed by atoms with Crippen LogP contribution < -0.4 is 4.90 Å². The van der Waals surface area contributed by atoms with Gasteiger partial charge in [-0.2, -0.15) is 0 Å². The highest BCUT2D eigenvalue weighted by Gasteiger charge is 2.60. The SMILES string of the molecule is CN1C(=O)c2ccccc2N2C(=O)CCC12C(=O)OC/C=C/c1ccccc1. The zero-order valence-electron chi connectivity index (χ0n) is 15.5. The molecule has 0 aromatic heterocycles. The monoisotopic (exact) mass is 376 g/mol. The van der Waals surface area contributed by atoms with Crippen LogP contribution in [-0.4, -0.2) is 42.0 Å². The van der Waals surface area contributed by atoms with Gasteiger partial charge in [-0.05, 0) is 23.8 Å². The summed E-state index contributed by atoms with van der Waals surface area (Å²) in [6.07, 6.45) is 3.99. The lowest BCUT2D eigenvalue weighted by atomic mass is 9.97. The van der Waals surface area contributed by atoms with Crippen molar-refractivity contribution in [3.63, 3.8) is 0 Å². The Bertz CT molecular complexity index is 970. The molecule has 1 saturated heterocycles. The molecule has 0 spiro atoms. The quantitative estimate of drug-likeness (QED) is 0.770. The summed E-state index contributed by atoms with van der Waals surface area (Å²) >= 11 is 0. The van der Waals surface area contributed by atoms with Gasteiger partial charge in [0.1, 0.15) is 6.61 Å². The fourth-order valence-electron chi connectivity index (χ4n) is 3.88. The summed E-state index contributed by atoms with van der Waals surface area (Å²) in [5.74, 6) is -1.08. The molecule has 2 amide bonds. The molecule has 1 fully saturated rings. The number of amides is 2. The molecule has 0 saturated carbocycles. The highest BCUT2D eigenvalue weighted by atomic mass is 16.5. The van der Waals surface area contributed by atoms with E-state index in [1.807, 2.05) is 36.4 Å². The molecular formula is C22H20N2O4. The number of benzene rings is 2. The maximum atomic E-state index is 13.1. The Kier molecular flexibility index (Phi) is 4.47. The normalized spacial score (nSPS) is 21.0. The maximum Gasteiger partial charge on any atom is 0.354 e. The van der Waals surface area contributed by atoms with E-state index in [2.05, 4.69) is 0 Å². The first-order valence-electron chi connectivity index (χ1n) is 9.15. The van der Waals surface area contributed by atoms with Crippen LogP contribution >= 0.6 is 0 Å². The lowest BCUT2D eigenvalue weighted by Crippen LogP contribution is -2.67. The third kappa shape index (κ3) is 2.69. The lowest BCUT2D eigenvalue weighted by molar-refractivity contribution is -0.155. The van der Waals surface area contributed by atoms with Gasteiger partial charge in [-0.3, -0.25) is 14.5 Å². The Morgan fingerprint density at radius 2 is 1.82 bits per heavy atom. The molecule has 142 valence electrons. The molecule has 6 heteroatoms. The molecular weight excluding hydrogens is 356 g/mol. The van der Waals surface area contributed by atoms with Crippen molar-refractivity contribution >= 4 is 29.5 Å². The van der Waals surface area contributed by atoms with Gasteiger partial charge in [-0.1, -0.05) is 48.5 Å². The number of rotatable bonds is 4. The number of fused-ring (bicyclic) bond motifs is 3. The van der Waals surface area contributed by atoms with Crippen LogP contribution in [0.2, 0.25) is 0 Å². The van der Waals surface area contributed by atoms with Crippen LogP contribution in [0.3, 0.4) is 0 Å². The second-order valence-electron chi connectivity index (χ2n) is 6.84. The minimum absolute atomic E-state index is 0.0567. The molecule has 0 N–H and O–H groups in total. The van der Waals surface area contributed by atoms with Crippen LogP contribution in [0.5, 0.6) is 0 Å². The van der Waals surface area contributed by atoms with Crippen molar-refractivity contribution in [2.24, 2.45) is 0 Å². The molecule has 2 aromatic rings. The zero-order chi connectivity index (χ0) is 19.7. The Morgan fingerprint density at radius 1 is 1.11 bits per heavy atom. The predicted molar refractivity (Wildman–Crippen MR) is 104 cm³/mol. The molecule has 2 aliphatic heterocycles. The van der Waals surface area contributed by atoms with Gasteiger partial charge in [0.05, 0.1) is 11.3 Å². The van der Waals surface area contributed by atoms with Gasteiger partial charge in [0.25, 0.3) is 5.91 Å². The molecule has 28 heavy (non-hydrogen) atoms. The Hall–Kier alpha value is -3.41. The fraction of sp³-hybridized carbons (Fsp3) is 0.227. The van der Waals surface area contributed by atoms with Crippen LogP contribution in [0.4, 0.5) is 5.69 Å². The van der Waals surface area contributed by atoms with E-state index in [1.165, 1.54) is 9.80 Å². The molecule has 0 bridgehead atoms. The van der Waals surface area contributed by atoms with Gasteiger partial charge in [0.2, 0.25) is 11.6 Å². The number of ether oxygens (including phenoxy) is 1. The minimum atomic E-state index is -1.43. The minimum Gasteiger partial charge on any atom is -0.458 e. The topological polar surface area (TPSA) is 66.9 Å². The third-order valence-corrected chi connectivity index (χ3v) is 5.29. The number of hydrogen-bond acceptors (Lipinski definition) is 4. The Morgan fingerprint density at radius 3 is 2.61 bits per heavy atom. The van der Waals surface area contributed by atoms with E-state index in [-0.39, 0.29) is 31.3 Å². The van der Waals surface area contributed by atoms with Crippen molar-refractivity contribution in [1.82, 2.24) is 4.90 Å². The number of nitrogens with zero attached hydrogens (tertiary/aromatic N) is 2. The van der Waals surface area contributed by atoms with E-state index in [9.17, 15) is 14.4 Å². The standard InChI is InChI=1S/C22H20N2O4/c1-23-20(26)17-11-5-6-12-18(17)24-19(25)13-14-22(23,24)21(27)28-15-7-10-16-8-3-2-4-9-16/h2-12H,13-15H2,1H3/b10-7+. The zero-order valence-corrected chi connectivity index (χ0v) is 15.5. The van der Waals surface area contributed by atoms with E-state index in [0.29, 0.717) is 11.3 Å². The van der Waals surface area contributed by atoms with E-state index < -0.39 is 11.6 Å². The second kappa shape index (κ2) is 6.96. The number of carbonyl (C=O) groups is 3. The molecule has 2 heterocycles. The summed E-state index contributed by atoms with van der Waals surface area (Å²) in [6, 6.07) is 16.5. The third-order valence-electron chi connectivity index (χ3n) is 5.29. The Balaban J connectivity index is 1.60. The van der Waals surface area contributed by atoms with E-state index >= 15 is 0 Å². The lowest BCUT2D eigenvalue weighted by Gasteiger charge is -2.46. The molecule has 4 rings (SSSR count). The van der Waals surface area contributed by atoms with Crippen LogP contribution in [-0.2, 0) is 14.3 Å². The summed E-state index contributed by atoms with van der Waals surface area (Å²) in [6.45, 7) is 0.0567. The highest BCUT2D eigenvalue weighted by Crippen LogP contribution is 2.44. The van der Waals surface area contributed by atoms with Gasteiger partial charge in [0.15, 0.2) is 0 Å². The number of anilines is 1. The number of esters is 1. The largest absolute Gasteiger partial charge is 0.458 e. The summed E-state index contributed by atoms with van der Waals surface area (Å²) < 4.78 is 5.48. The second-order valence-corrected chi connectivity index (χ2v) is 6.84. The summed E-state index contributed by atoms with van der Waals surface area (Å²) in [5, 5.41) is 0. The average molecular weight is 376 g/mol. The predicted octanol–water partition coefficient (Wildman–Crippen LogP) is 2.85. The van der Waals surface area contributed by atoms with E-state index in [4.69, 9.17) is 4.74 Å². The fourth-order valence-corrected chi connectivity index (χ4v) is 3.88. The van der Waals surface area contributed by atoms with Gasteiger partial charge in [-0.25, -0.2) is 4.79 Å². The molecule has 0 aliphatic carbocycles. The van der Waals surface area contributed by atoms with Crippen molar-refractivity contribution in [2.75, 3.05) is 18.6 Å². The van der Waals surface area contributed by atoms with Crippen molar-refractivity contribution < 1.29 is 19.1 Å². The average Bonchev–Trinajstić information content (AvgIpc) is 3.08. The van der Waals surface area contributed by atoms with Crippen LogP contribution in [0.15, 0.2) is 60.7 Å². The molecule has 0 radical (unpaired) electrons. The highest BCUT2D eigenvalue weighted by molar-refractivity contribution is 6.15. The molecule has 1 atom stereocenters. The van der Waals surface area contributed by atoms with Gasteiger partial charge < -0.3 is 9.64 Å². The van der Waals surface area contributed by atoms with E-state index in [0.717, 1.165) is 5.56 Å². The number of likely N-dealkylation sites (N-methyl/N-ethyl adjacent to an activating group) is 1. The number of para-hydroxylation sites is 1. The van der Waals surface area contributed by atoms with Crippen LogP contribution in [0.1, 0.15) is 28.8 Å². The first kappa shape index (κ1) is 18.0. The maximum absolute atomic E-state index is 13.1. The summed E-state index contributed by atoms with van der Waals surface area (Å²) in [7, 11) is 1.55. The molecule has 1 unspecified atom stereocenters. The van der Waals surface area contributed by atoms with Crippen molar-refractivity contribution in [3.05, 3.63) is 71.8 Å². The molecule has 2 aromatic carbocycles. The van der Waals surface area contributed by atoms with Crippen LogP contribution in [0.25, 0.3) is 6.08 Å². The van der Waals surface area contributed by atoms with Gasteiger partial charge >= 0.3 is 5.97 Å². The smallest absolute Gasteiger partial charge is 0.354 e.